The van der Waals surface area contributed by atoms with E-state index in [-0.39, 0.29) is 0 Å². The molecule has 0 unspecified atom stereocenters. The van der Waals surface area contributed by atoms with Crippen molar-refractivity contribution in [3.8, 4) is 22.8 Å². The summed E-state index contributed by atoms with van der Waals surface area (Å²) < 4.78 is 6.38. The number of nitrogens with zero attached hydrogens (tertiary/aromatic N) is 2. The second-order valence-corrected chi connectivity index (χ2v) is 9.65. The van der Waals surface area contributed by atoms with Gasteiger partial charge in [-0.05, 0) is 62.1 Å². The van der Waals surface area contributed by atoms with E-state index in [1.807, 2.05) is 67.6 Å². The summed E-state index contributed by atoms with van der Waals surface area (Å²) >= 11 is 0. The highest BCUT2D eigenvalue weighted by Crippen LogP contribution is 2.36. The maximum atomic E-state index is 11.7. The summed E-state index contributed by atoms with van der Waals surface area (Å²) in [6.45, 7) is 9.69. The Bertz CT molecular complexity index is 1380. The first kappa shape index (κ1) is 24.9. The Balaban J connectivity index is 1.65. The van der Waals surface area contributed by atoms with Gasteiger partial charge in [-0.15, -0.1) is 0 Å². The number of ether oxygens (including phenoxy) is 1. The standard InChI is InChI=1S/C30H31N3O3/c1-19(2)25-18-26(28(32-20(25)3)21-10-7-6-8-11-21)36-24-14-15-31-27(17-24)33-23-13-9-12-22(16-23)30(4,5)29(34)35/h6-19H,1-5H3,(H,31,33)(H,34,35). The van der Waals surface area contributed by atoms with Crippen molar-refractivity contribution in [2.75, 3.05) is 5.32 Å². The number of aromatic nitrogens is 2. The van der Waals surface area contributed by atoms with E-state index in [1.165, 1.54) is 0 Å². The molecule has 36 heavy (non-hydrogen) atoms. The number of nitrogens with one attached hydrogen (secondary N) is 1. The Morgan fingerprint density at radius 3 is 2.44 bits per heavy atom. The van der Waals surface area contributed by atoms with Crippen LogP contribution < -0.4 is 10.1 Å². The molecule has 2 heterocycles. The molecule has 0 atom stereocenters. The molecular weight excluding hydrogens is 450 g/mol. The zero-order valence-corrected chi connectivity index (χ0v) is 21.2. The van der Waals surface area contributed by atoms with Gasteiger partial charge >= 0.3 is 5.97 Å². The molecule has 0 saturated heterocycles. The van der Waals surface area contributed by atoms with Gasteiger partial charge in [-0.1, -0.05) is 56.3 Å². The molecule has 0 fully saturated rings. The van der Waals surface area contributed by atoms with Crippen molar-refractivity contribution in [3.63, 3.8) is 0 Å². The number of carboxylic acid groups (broad SMARTS) is 1. The minimum atomic E-state index is -1.00. The number of anilines is 2. The van der Waals surface area contributed by atoms with Crippen molar-refractivity contribution in [2.45, 2.75) is 46.0 Å². The first-order chi connectivity index (χ1) is 17.1. The van der Waals surface area contributed by atoms with E-state index >= 15 is 0 Å². The summed E-state index contributed by atoms with van der Waals surface area (Å²) in [6, 6.07) is 23.0. The minimum absolute atomic E-state index is 0.307. The van der Waals surface area contributed by atoms with Gasteiger partial charge in [0.05, 0.1) is 5.41 Å². The SMILES string of the molecule is Cc1nc(-c2ccccc2)c(Oc2ccnc(Nc3cccc(C(C)(C)C(=O)O)c3)c2)cc1C(C)C. The molecule has 184 valence electrons. The van der Waals surface area contributed by atoms with Crippen molar-refractivity contribution in [1.29, 1.82) is 0 Å². The van der Waals surface area contributed by atoms with E-state index in [4.69, 9.17) is 9.72 Å². The van der Waals surface area contributed by atoms with Crippen LogP contribution in [-0.4, -0.2) is 21.0 Å². The van der Waals surface area contributed by atoms with Crippen LogP contribution in [0.2, 0.25) is 0 Å². The van der Waals surface area contributed by atoms with E-state index in [2.05, 4.69) is 30.2 Å². The van der Waals surface area contributed by atoms with Gasteiger partial charge in [-0.2, -0.15) is 0 Å². The summed E-state index contributed by atoms with van der Waals surface area (Å²) in [6.07, 6.45) is 1.68. The molecule has 2 aromatic heterocycles. The summed E-state index contributed by atoms with van der Waals surface area (Å²) in [4.78, 5) is 21.0. The lowest BCUT2D eigenvalue weighted by atomic mass is 9.84. The largest absolute Gasteiger partial charge is 0.481 e. The molecule has 0 aliphatic carbocycles. The Morgan fingerprint density at radius 2 is 1.75 bits per heavy atom. The smallest absolute Gasteiger partial charge is 0.313 e. The van der Waals surface area contributed by atoms with Gasteiger partial charge in [0.15, 0.2) is 5.75 Å². The molecule has 6 nitrogen and oxygen atoms in total. The van der Waals surface area contributed by atoms with Crippen LogP contribution in [0.25, 0.3) is 11.3 Å². The second-order valence-electron chi connectivity index (χ2n) is 9.65. The molecule has 0 radical (unpaired) electrons. The average molecular weight is 482 g/mol. The maximum absolute atomic E-state index is 11.7. The van der Waals surface area contributed by atoms with Crippen molar-refractivity contribution in [3.05, 3.63) is 95.8 Å². The molecule has 2 aromatic carbocycles. The fourth-order valence-electron chi connectivity index (χ4n) is 3.99. The van der Waals surface area contributed by atoms with Gasteiger partial charge in [0.2, 0.25) is 0 Å². The van der Waals surface area contributed by atoms with Gasteiger partial charge in [0.1, 0.15) is 17.3 Å². The van der Waals surface area contributed by atoms with Crippen LogP contribution in [0.15, 0.2) is 79.0 Å². The highest BCUT2D eigenvalue weighted by atomic mass is 16.5. The molecule has 6 heteroatoms. The number of benzene rings is 2. The van der Waals surface area contributed by atoms with Crippen LogP contribution in [0, 0.1) is 6.92 Å². The predicted octanol–water partition coefficient (Wildman–Crippen LogP) is 7.47. The summed E-state index contributed by atoms with van der Waals surface area (Å²) in [5, 5.41) is 12.8. The van der Waals surface area contributed by atoms with E-state index in [1.54, 1.807) is 26.1 Å². The van der Waals surface area contributed by atoms with Crippen LogP contribution in [0.4, 0.5) is 11.5 Å². The first-order valence-electron chi connectivity index (χ1n) is 12.0. The molecular formula is C30H31N3O3. The monoisotopic (exact) mass is 481 g/mol. The van der Waals surface area contributed by atoms with Crippen LogP contribution >= 0.6 is 0 Å². The van der Waals surface area contributed by atoms with E-state index < -0.39 is 11.4 Å². The lowest BCUT2D eigenvalue weighted by Gasteiger charge is -2.20. The molecule has 0 amide bonds. The molecule has 2 N–H and O–H groups in total. The minimum Gasteiger partial charge on any atom is -0.481 e. The van der Waals surface area contributed by atoms with Gasteiger partial charge in [-0.25, -0.2) is 9.97 Å². The fraction of sp³-hybridized carbons (Fsp3) is 0.233. The van der Waals surface area contributed by atoms with Crippen molar-refractivity contribution in [1.82, 2.24) is 9.97 Å². The third-order valence-corrected chi connectivity index (χ3v) is 6.24. The van der Waals surface area contributed by atoms with Crippen LogP contribution in [0.5, 0.6) is 11.5 Å². The Hall–Kier alpha value is -4.19. The lowest BCUT2D eigenvalue weighted by molar-refractivity contribution is -0.142. The first-order valence-corrected chi connectivity index (χ1v) is 12.0. The molecule has 0 saturated carbocycles. The number of pyridine rings is 2. The van der Waals surface area contributed by atoms with Crippen LogP contribution in [-0.2, 0) is 10.2 Å². The molecule has 0 aliphatic rings. The molecule has 0 aliphatic heterocycles. The third-order valence-electron chi connectivity index (χ3n) is 6.24. The zero-order chi connectivity index (χ0) is 25.9. The van der Waals surface area contributed by atoms with Crippen molar-refractivity contribution in [2.24, 2.45) is 0 Å². The van der Waals surface area contributed by atoms with Gasteiger partial charge in [0, 0.05) is 29.2 Å². The van der Waals surface area contributed by atoms with E-state index in [0.29, 0.717) is 28.8 Å². The Kier molecular flexibility index (Phi) is 7.06. The third kappa shape index (κ3) is 5.38. The fourth-order valence-corrected chi connectivity index (χ4v) is 3.99. The maximum Gasteiger partial charge on any atom is 0.313 e. The average Bonchev–Trinajstić information content (AvgIpc) is 2.85. The summed E-state index contributed by atoms with van der Waals surface area (Å²) in [5.41, 5.74) is 4.33. The number of carbonyl (C=O) groups is 1. The number of aliphatic carboxylic acids is 1. The van der Waals surface area contributed by atoms with Crippen molar-refractivity contribution < 1.29 is 14.6 Å². The van der Waals surface area contributed by atoms with Crippen LogP contribution in [0.1, 0.15) is 50.4 Å². The predicted molar refractivity (Wildman–Crippen MR) is 143 cm³/mol. The molecule has 0 bridgehead atoms. The highest BCUT2D eigenvalue weighted by molar-refractivity contribution is 5.81. The van der Waals surface area contributed by atoms with Gasteiger partial charge in [0.25, 0.3) is 0 Å². The van der Waals surface area contributed by atoms with Crippen LogP contribution in [0.3, 0.4) is 0 Å². The van der Waals surface area contributed by atoms with Gasteiger partial charge in [-0.3, -0.25) is 4.79 Å². The zero-order valence-electron chi connectivity index (χ0n) is 21.2. The topological polar surface area (TPSA) is 84.3 Å². The molecule has 4 rings (SSSR count). The summed E-state index contributed by atoms with van der Waals surface area (Å²) in [7, 11) is 0. The number of aryl methyl sites for hydroxylation is 1. The molecule has 4 aromatic rings. The quantitative estimate of drug-likeness (QED) is 0.271. The van der Waals surface area contributed by atoms with E-state index in [9.17, 15) is 9.90 Å². The van der Waals surface area contributed by atoms with E-state index in [0.717, 1.165) is 28.2 Å². The molecule has 0 spiro atoms. The normalized spacial score (nSPS) is 11.4. The van der Waals surface area contributed by atoms with Gasteiger partial charge < -0.3 is 15.2 Å². The number of hydrogen-bond donors (Lipinski definition) is 2. The number of carboxylic acids is 1. The lowest BCUT2D eigenvalue weighted by Crippen LogP contribution is -2.28. The van der Waals surface area contributed by atoms with Crippen molar-refractivity contribution >= 4 is 17.5 Å². The second kappa shape index (κ2) is 10.2. The Morgan fingerprint density at radius 1 is 1.00 bits per heavy atom. The summed E-state index contributed by atoms with van der Waals surface area (Å²) in [5.74, 6) is 1.31. The number of hydrogen-bond acceptors (Lipinski definition) is 5. The number of rotatable bonds is 8. The Labute approximate surface area is 212 Å². The highest BCUT2D eigenvalue weighted by Gasteiger charge is 2.29.